The molecule has 0 saturated carbocycles. The third kappa shape index (κ3) is 6.05. The minimum atomic E-state index is 0.0883. The number of halogens is 2. The Labute approximate surface area is 122 Å². The summed E-state index contributed by atoms with van der Waals surface area (Å²) in [6.45, 7) is 4.46. The van der Waals surface area contributed by atoms with E-state index in [0.29, 0.717) is 17.3 Å². The third-order valence-corrected chi connectivity index (χ3v) is 4.02. The van der Waals surface area contributed by atoms with Gasteiger partial charge in [0.2, 0.25) is 5.91 Å². The lowest BCUT2D eigenvalue weighted by atomic mass is 10.1. The number of carbonyl (C=O) groups is 1. The topological polar surface area (TPSA) is 41.1 Å². The summed E-state index contributed by atoms with van der Waals surface area (Å²) in [6.07, 6.45) is 2.11. The van der Waals surface area contributed by atoms with Crippen LogP contribution in [0.1, 0.15) is 25.3 Å². The van der Waals surface area contributed by atoms with Gasteiger partial charge in [0.15, 0.2) is 0 Å². The molecule has 0 aliphatic rings. The lowest BCUT2D eigenvalue weighted by Crippen LogP contribution is -2.31. The SMILES string of the molecule is CCNCCNC(=O)CCCc1cc(Cl)sc1Cl. The van der Waals surface area contributed by atoms with Crippen LogP contribution in [0.25, 0.3) is 0 Å². The van der Waals surface area contributed by atoms with Gasteiger partial charge in [0.1, 0.15) is 0 Å². The van der Waals surface area contributed by atoms with Crippen LogP contribution in [0.5, 0.6) is 0 Å². The van der Waals surface area contributed by atoms with Gasteiger partial charge in [-0.05, 0) is 31.0 Å². The van der Waals surface area contributed by atoms with E-state index in [4.69, 9.17) is 23.2 Å². The van der Waals surface area contributed by atoms with Crippen LogP contribution in [0, 0.1) is 0 Å². The van der Waals surface area contributed by atoms with Gasteiger partial charge < -0.3 is 10.6 Å². The number of nitrogens with one attached hydrogen (secondary N) is 2. The maximum absolute atomic E-state index is 11.5. The second kappa shape index (κ2) is 8.75. The van der Waals surface area contributed by atoms with Crippen molar-refractivity contribution in [3.63, 3.8) is 0 Å². The first kappa shape index (κ1) is 15.8. The summed E-state index contributed by atoms with van der Waals surface area (Å²) in [5, 5.41) is 6.02. The average Bonchev–Trinajstić information content (AvgIpc) is 2.64. The van der Waals surface area contributed by atoms with Crippen molar-refractivity contribution in [2.24, 2.45) is 0 Å². The zero-order valence-electron chi connectivity index (χ0n) is 10.4. The first-order valence-corrected chi connectivity index (χ1v) is 7.61. The van der Waals surface area contributed by atoms with E-state index in [1.165, 1.54) is 11.3 Å². The van der Waals surface area contributed by atoms with Crippen LogP contribution in [-0.2, 0) is 11.2 Å². The summed E-state index contributed by atoms with van der Waals surface area (Å²) in [7, 11) is 0. The predicted octanol–water partition coefficient (Wildman–Crippen LogP) is 3.10. The van der Waals surface area contributed by atoms with E-state index in [1.807, 2.05) is 13.0 Å². The molecule has 0 aliphatic carbocycles. The standard InChI is InChI=1S/C12H18Cl2N2OS/c1-2-15-6-7-16-11(17)5-3-4-9-8-10(13)18-12(9)14/h8,15H,2-7H2,1H3,(H,16,17). The molecule has 1 aromatic rings. The van der Waals surface area contributed by atoms with E-state index in [9.17, 15) is 4.79 Å². The maximum Gasteiger partial charge on any atom is 0.220 e. The van der Waals surface area contributed by atoms with Crippen molar-refractivity contribution in [1.82, 2.24) is 10.6 Å². The van der Waals surface area contributed by atoms with Crippen molar-refractivity contribution in [2.75, 3.05) is 19.6 Å². The Hall–Kier alpha value is -0.290. The molecule has 0 spiro atoms. The van der Waals surface area contributed by atoms with Crippen molar-refractivity contribution >= 4 is 40.4 Å². The molecule has 0 atom stereocenters. The smallest absolute Gasteiger partial charge is 0.220 e. The van der Waals surface area contributed by atoms with Gasteiger partial charge in [0.25, 0.3) is 0 Å². The fraction of sp³-hybridized carbons (Fsp3) is 0.583. The lowest BCUT2D eigenvalue weighted by Gasteiger charge is -2.05. The molecule has 18 heavy (non-hydrogen) atoms. The molecule has 1 amide bonds. The van der Waals surface area contributed by atoms with E-state index < -0.39 is 0 Å². The molecule has 0 aromatic carbocycles. The summed E-state index contributed by atoms with van der Waals surface area (Å²) in [5.74, 6) is 0.0883. The van der Waals surface area contributed by atoms with Gasteiger partial charge in [0.05, 0.1) is 8.67 Å². The molecular weight excluding hydrogens is 291 g/mol. The van der Waals surface area contributed by atoms with Crippen LogP contribution in [0.4, 0.5) is 0 Å². The zero-order chi connectivity index (χ0) is 13.4. The Bertz CT molecular complexity index is 382. The van der Waals surface area contributed by atoms with Crippen molar-refractivity contribution in [2.45, 2.75) is 26.2 Å². The average molecular weight is 309 g/mol. The van der Waals surface area contributed by atoms with Gasteiger partial charge in [-0.3, -0.25) is 4.79 Å². The summed E-state index contributed by atoms with van der Waals surface area (Å²) < 4.78 is 1.43. The monoisotopic (exact) mass is 308 g/mol. The molecule has 6 heteroatoms. The number of amides is 1. The van der Waals surface area contributed by atoms with Crippen molar-refractivity contribution < 1.29 is 4.79 Å². The molecule has 2 N–H and O–H groups in total. The van der Waals surface area contributed by atoms with Crippen molar-refractivity contribution in [3.8, 4) is 0 Å². The number of hydrogen-bond acceptors (Lipinski definition) is 3. The van der Waals surface area contributed by atoms with Crippen LogP contribution in [0.2, 0.25) is 8.67 Å². The van der Waals surface area contributed by atoms with Crippen molar-refractivity contribution in [1.29, 1.82) is 0 Å². The van der Waals surface area contributed by atoms with E-state index in [2.05, 4.69) is 10.6 Å². The normalized spacial score (nSPS) is 10.6. The van der Waals surface area contributed by atoms with Gasteiger partial charge in [0, 0.05) is 19.5 Å². The summed E-state index contributed by atoms with van der Waals surface area (Å²) in [5.41, 5.74) is 1.03. The zero-order valence-corrected chi connectivity index (χ0v) is 12.7. The molecule has 0 bridgehead atoms. The number of hydrogen-bond donors (Lipinski definition) is 2. The molecular formula is C12H18Cl2N2OS. The second-order valence-electron chi connectivity index (χ2n) is 3.91. The summed E-state index contributed by atoms with van der Waals surface area (Å²) in [4.78, 5) is 11.5. The number of likely N-dealkylation sites (N-methyl/N-ethyl adjacent to an activating group) is 1. The van der Waals surface area contributed by atoms with Crippen LogP contribution in [0.3, 0.4) is 0 Å². The molecule has 1 rings (SSSR count). The van der Waals surface area contributed by atoms with Crippen LogP contribution >= 0.6 is 34.5 Å². The number of rotatable bonds is 8. The Kier molecular flexibility index (Phi) is 7.66. The second-order valence-corrected chi connectivity index (χ2v) is 6.19. The first-order valence-electron chi connectivity index (χ1n) is 6.04. The predicted molar refractivity (Wildman–Crippen MR) is 78.8 cm³/mol. The molecule has 3 nitrogen and oxygen atoms in total. The minimum Gasteiger partial charge on any atom is -0.355 e. The van der Waals surface area contributed by atoms with Gasteiger partial charge in [-0.25, -0.2) is 0 Å². The summed E-state index contributed by atoms with van der Waals surface area (Å²) >= 11 is 13.2. The minimum absolute atomic E-state index is 0.0883. The molecule has 1 heterocycles. The third-order valence-electron chi connectivity index (χ3n) is 2.45. The van der Waals surface area contributed by atoms with Crippen LogP contribution in [-0.4, -0.2) is 25.5 Å². The summed E-state index contributed by atoms with van der Waals surface area (Å²) in [6, 6.07) is 1.87. The van der Waals surface area contributed by atoms with Crippen molar-refractivity contribution in [3.05, 3.63) is 20.3 Å². The Morgan fingerprint density at radius 2 is 2.17 bits per heavy atom. The lowest BCUT2D eigenvalue weighted by molar-refractivity contribution is -0.121. The number of thiophene rings is 1. The van der Waals surface area contributed by atoms with Gasteiger partial charge >= 0.3 is 0 Å². The van der Waals surface area contributed by atoms with Crippen LogP contribution in [0.15, 0.2) is 6.07 Å². The van der Waals surface area contributed by atoms with E-state index in [-0.39, 0.29) is 5.91 Å². The van der Waals surface area contributed by atoms with Gasteiger partial charge in [-0.1, -0.05) is 30.1 Å². The molecule has 102 valence electrons. The van der Waals surface area contributed by atoms with Gasteiger partial charge in [-0.2, -0.15) is 0 Å². The van der Waals surface area contributed by atoms with E-state index in [1.54, 1.807) is 0 Å². The van der Waals surface area contributed by atoms with Crippen LogP contribution < -0.4 is 10.6 Å². The molecule has 0 saturated heterocycles. The number of carbonyl (C=O) groups excluding carboxylic acids is 1. The number of aryl methyl sites for hydroxylation is 1. The molecule has 0 unspecified atom stereocenters. The maximum atomic E-state index is 11.5. The Morgan fingerprint density at radius 3 is 2.78 bits per heavy atom. The fourth-order valence-electron chi connectivity index (χ4n) is 1.54. The Morgan fingerprint density at radius 1 is 1.39 bits per heavy atom. The van der Waals surface area contributed by atoms with Gasteiger partial charge in [-0.15, -0.1) is 11.3 Å². The highest BCUT2D eigenvalue weighted by Gasteiger charge is 2.07. The fourth-order valence-corrected chi connectivity index (χ4v) is 3.08. The van der Waals surface area contributed by atoms with E-state index >= 15 is 0 Å². The highest BCUT2D eigenvalue weighted by Crippen LogP contribution is 2.31. The molecule has 0 aliphatic heterocycles. The highest BCUT2D eigenvalue weighted by molar-refractivity contribution is 7.20. The molecule has 0 radical (unpaired) electrons. The molecule has 1 aromatic heterocycles. The highest BCUT2D eigenvalue weighted by atomic mass is 35.5. The van der Waals surface area contributed by atoms with E-state index in [0.717, 1.165) is 35.8 Å². The Balaban J connectivity index is 2.13. The molecule has 0 fully saturated rings. The first-order chi connectivity index (χ1) is 8.63. The quantitative estimate of drug-likeness (QED) is 0.725. The largest absolute Gasteiger partial charge is 0.355 e.